The molecule has 1 aliphatic rings. The van der Waals surface area contributed by atoms with E-state index in [1.54, 1.807) is 19.3 Å². The number of allylic oxidation sites excluding steroid dienone is 1. The predicted molar refractivity (Wildman–Crippen MR) is 123 cm³/mol. The van der Waals surface area contributed by atoms with E-state index in [-0.39, 0.29) is 5.56 Å². The van der Waals surface area contributed by atoms with Gasteiger partial charge in [-0.1, -0.05) is 6.58 Å². The number of nitrogens with zero attached hydrogens (tertiary/aromatic N) is 6. The van der Waals surface area contributed by atoms with Crippen LogP contribution in [0.5, 0.6) is 0 Å². The first-order chi connectivity index (χ1) is 15.4. The van der Waals surface area contributed by atoms with Gasteiger partial charge in [-0.05, 0) is 48.8 Å². The second kappa shape index (κ2) is 8.60. The molecule has 0 aliphatic carbocycles. The molecular formula is C25H24N6O. The van der Waals surface area contributed by atoms with Gasteiger partial charge < -0.3 is 4.90 Å². The highest BCUT2D eigenvalue weighted by Gasteiger charge is 2.20. The van der Waals surface area contributed by atoms with Crippen molar-refractivity contribution in [3.8, 4) is 17.2 Å². The summed E-state index contributed by atoms with van der Waals surface area (Å²) < 4.78 is 1.52. The number of aryl methyl sites for hydroxylation is 1. The maximum atomic E-state index is 11.9. The molecule has 0 unspecified atom stereocenters. The molecule has 4 heterocycles. The Kier molecular flexibility index (Phi) is 5.69. The van der Waals surface area contributed by atoms with Crippen LogP contribution in [-0.4, -0.2) is 31.0 Å². The van der Waals surface area contributed by atoms with Crippen molar-refractivity contribution in [2.75, 3.05) is 6.54 Å². The van der Waals surface area contributed by atoms with Gasteiger partial charge in [0.15, 0.2) is 0 Å². The average molecular weight is 425 g/mol. The Hall–Kier alpha value is -4.05. The molecule has 0 bridgehead atoms. The molecule has 32 heavy (non-hydrogen) atoms. The Morgan fingerprint density at radius 1 is 1.25 bits per heavy atom. The molecule has 4 rings (SSSR count). The minimum atomic E-state index is -0.0947. The first kappa shape index (κ1) is 21.2. The van der Waals surface area contributed by atoms with E-state index in [0.29, 0.717) is 18.1 Å². The molecule has 160 valence electrons. The van der Waals surface area contributed by atoms with E-state index in [1.807, 2.05) is 26.1 Å². The summed E-state index contributed by atoms with van der Waals surface area (Å²) in [5.41, 5.74) is 7.37. The van der Waals surface area contributed by atoms with Crippen LogP contribution >= 0.6 is 0 Å². The molecule has 0 N–H and O–H groups in total. The maximum Gasteiger partial charge on any atom is 0.253 e. The van der Waals surface area contributed by atoms with E-state index in [2.05, 4.69) is 33.6 Å². The third kappa shape index (κ3) is 4.08. The molecule has 0 saturated carbocycles. The average Bonchev–Trinajstić information content (AvgIpc) is 2.80. The highest BCUT2D eigenvalue weighted by Crippen LogP contribution is 2.29. The topological polar surface area (TPSA) is 87.7 Å². The third-order valence-electron chi connectivity index (χ3n) is 5.86. The monoisotopic (exact) mass is 424 g/mol. The van der Waals surface area contributed by atoms with Crippen LogP contribution in [0.4, 0.5) is 0 Å². The van der Waals surface area contributed by atoms with Crippen molar-refractivity contribution in [2.45, 2.75) is 26.8 Å². The molecule has 0 radical (unpaired) electrons. The fraction of sp³-hybridized carbons (Fsp3) is 0.240. The standard InChI is InChI=1S/C25H24N6O/c1-16(10-24-27-7-5-25(32)30(24)4)18(3)31-8-6-23-20(15-31)11-19(13-29-23)22-14-28-21(12-26)9-17(22)2/h5,7,9-11,13-14H,3,6,8,15H2,1-2,4H3/b16-10-. The number of hydrogen-bond acceptors (Lipinski definition) is 6. The number of aromatic nitrogens is 4. The summed E-state index contributed by atoms with van der Waals surface area (Å²) in [4.78, 5) is 27.3. The quantitative estimate of drug-likeness (QED) is 0.597. The van der Waals surface area contributed by atoms with E-state index in [0.717, 1.165) is 52.2 Å². The van der Waals surface area contributed by atoms with Crippen molar-refractivity contribution in [3.63, 3.8) is 0 Å². The molecule has 0 fully saturated rings. The summed E-state index contributed by atoms with van der Waals surface area (Å²) in [5, 5.41) is 9.07. The molecule has 3 aromatic heterocycles. The van der Waals surface area contributed by atoms with E-state index in [4.69, 9.17) is 10.2 Å². The van der Waals surface area contributed by atoms with Crippen molar-refractivity contribution in [2.24, 2.45) is 7.05 Å². The van der Waals surface area contributed by atoms with Crippen molar-refractivity contribution in [1.29, 1.82) is 5.26 Å². The zero-order valence-electron chi connectivity index (χ0n) is 18.5. The molecule has 0 spiro atoms. The third-order valence-corrected chi connectivity index (χ3v) is 5.86. The lowest BCUT2D eigenvalue weighted by atomic mass is 9.98. The van der Waals surface area contributed by atoms with Crippen LogP contribution in [0, 0.1) is 18.3 Å². The molecule has 0 amide bonds. The second-order valence-corrected chi connectivity index (χ2v) is 7.97. The Morgan fingerprint density at radius 2 is 2.06 bits per heavy atom. The lowest BCUT2D eigenvalue weighted by Crippen LogP contribution is -2.30. The number of pyridine rings is 2. The Labute approximate surface area is 187 Å². The van der Waals surface area contributed by atoms with Crippen LogP contribution in [0.3, 0.4) is 0 Å². The molecule has 7 nitrogen and oxygen atoms in total. The number of hydrogen-bond donors (Lipinski definition) is 0. The minimum Gasteiger partial charge on any atom is -0.367 e. The predicted octanol–water partition coefficient (Wildman–Crippen LogP) is 3.39. The van der Waals surface area contributed by atoms with Gasteiger partial charge in [-0.15, -0.1) is 0 Å². The number of fused-ring (bicyclic) bond motifs is 1. The van der Waals surface area contributed by atoms with Gasteiger partial charge in [0.1, 0.15) is 17.6 Å². The van der Waals surface area contributed by atoms with Gasteiger partial charge in [-0.25, -0.2) is 9.97 Å². The van der Waals surface area contributed by atoms with Gasteiger partial charge in [0.2, 0.25) is 0 Å². The molecular weight excluding hydrogens is 400 g/mol. The largest absolute Gasteiger partial charge is 0.367 e. The molecule has 0 atom stereocenters. The normalized spacial score (nSPS) is 13.4. The lowest BCUT2D eigenvalue weighted by molar-refractivity contribution is 0.326. The lowest BCUT2D eigenvalue weighted by Gasteiger charge is -2.32. The van der Waals surface area contributed by atoms with Gasteiger partial charge >= 0.3 is 0 Å². The van der Waals surface area contributed by atoms with Gasteiger partial charge in [-0.3, -0.25) is 14.3 Å². The molecule has 1 aliphatic heterocycles. The first-order valence-electron chi connectivity index (χ1n) is 10.4. The summed E-state index contributed by atoms with van der Waals surface area (Å²) in [6.45, 7) is 9.77. The fourth-order valence-electron chi connectivity index (χ4n) is 3.87. The zero-order chi connectivity index (χ0) is 22.8. The smallest absolute Gasteiger partial charge is 0.253 e. The van der Waals surface area contributed by atoms with Gasteiger partial charge in [0.05, 0.1) is 0 Å². The maximum absolute atomic E-state index is 11.9. The summed E-state index contributed by atoms with van der Waals surface area (Å²) in [5.74, 6) is 0.598. The van der Waals surface area contributed by atoms with Crippen LogP contribution in [-0.2, 0) is 20.0 Å². The SMILES string of the molecule is C=C(/C(C)=C\c1nccc(=O)n1C)N1CCc2ncc(-c3cnc(C#N)cc3C)cc2C1. The zero-order valence-corrected chi connectivity index (χ0v) is 18.5. The van der Waals surface area contributed by atoms with Crippen molar-refractivity contribution < 1.29 is 0 Å². The first-order valence-corrected chi connectivity index (χ1v) is 10.4. The number of nitriles is 1. The van der Waals surface area contributed by atoms with Gasteiger partial charge in [-0.2, -0.15) is 5.26 Å². The van der Waals surface area contributed by atoms with Crippen LogP contribution in [0.25, 0.3) is 17.2 Å². The molecule has 3 aromatic rings. The van der Waals surface area contributed by atoms with Crippen LogP contribution in [0.1, 0.15) is 35.3 Å². The van der Waals surface area contributed by atoms with Crippen LogP contribution in [0.15, 0.2) is 59.4 Å². The van der Waals surface area contributed by atoms with Crippen molar-refractivity contribution >= 4 is 6.08 Å². The van der Waals surface area contributed by atoms with Gasteiger partial charge in [0.25, 0.3) is 5.56 Å². The highest BCUT2D eigenvalue weighted by atomic mass is 16.1. The second-order valence-electron chi connectivity index (χ2n) is 7.97. The highest BCUT2D eigenvalue weighted by molar-refractivity contribution is 5.67. The van der Waals surface area contributed by atoms with Crippen LogP contribution < -0.4 is 5.56 Å². The van der Waals surface area contributed by atoms with E-state index in [1.165, 1.54) is 16.8 Å². The fourth-order valence-corrected chi connectivity index (χ4v) is 3.87. The van der Waals surface area contributed by atoms with E-state index in [9.17, 15) is 4.79 Å². The molecule has 0 aromatic carbocycles. The van der Waals surface area contributed by atoms with E-state index >= 15 is 0 Å². The molecule has 7 heteroatoms. The van der Waals surface area contributed by atoms with E-state index < -0.39 is 0 Å². The van der Waals surface area contributed by atoms with Crippen LogP contribution in [0.2, 0.25) is 0 Å². The molecule has 0 saturated heterocycles. The Bertz CT molecular complexity index is 1350. The van der Waals surface area contributed by atoms with Crippen molar-refractivity contribution in [1.82, 2.24) is 24.4 Å². The Balaban J connectivity index is 1.59. The number of rotatable bonds is 4. The van der Waals surface area contributed by atoms with Crippen molar-refractivity contribution in [3.05, 3.63) is 93.3 Å². The van der Waals surface area contributed by atoms with Gasteiger partial charge in [0, 0.05) is 73.7 Å². The minimum absolute atomic E-state index is 0.0947. The summed E-state index contributed by atoms with van der Waals surface area (Å²) >= 11 is 0. The Morgan fingerprint density at radius 3 is 2.81 bits per heavy atom. The summed E-state index contributed by atoms with van der Waals surface area (Å²) in [6.07, 6.45) is 7.86. The summed E-state index contributed by atoms with van der Waals surface area (Å²) in [7, 11) is 1.71. The summed E-state index contributed by atoms with van der Waals surface area (Å²) in [6, 6.07) is 7.47.